The zero-order chi connectivity index (χ0) is 25.2. The van der Waals surface area contributed by atoms with Crippen LogP contribution in [0.1, 0.15) is 23.3 Å². The molecule has 36 heavy (non-hydrogen) atoms. The van der Waals surface area contributed by atoms with E-state index in [1.165, 1.54) is 12.1 Å². The maximum absolute atomic E-state index is 13.7. The van der Waals surface area contributed by atoms with Gasteiger partial charge in [0.05, 0.1) is 33.9 Å². The zero-order valence-electron chi connectivity index (χ0n) is 19.2. The summed E-state index contributed by atoms with van der Waals surface area (Å²) in [4.78, 5) is 26.2. The molecule has 0 bridgehead atoms. The molecule has 1 aliphatic carbocycles. The lowest BCUT2D eigenvalue weighted by Crippen LogP contribution is -2.33. The summed E-state index contributed by atoms with van der Waals surface area (Å²) in [5.74, 6) is -0.717. The van der Waals surface area contributed by atoms with E-state index in [1.807, 2.05) is 17.7 Å². The van der Waals surface area contributed by atoms with Gasteiger partial charge in [0.1, 0.15) is 17.0 Å². The van der Waals surface area contributed by atoms with Gasteiger partial charge in [0.25, 0.3) is 5.91 Å². The van der Waals surface area contributed by atoms with E-state index < -0.39 is 11.5 Å². The summed E-state index contributed by atoms with van der Waals surface area (Å²) in [6.07, 6.45) is 4.55. The number of amides is 1. The molecule has 0 atom stereocenters. The zero-order valence-corrected chi connectivity index (χ0v) is 19.9. The van der Waals surface area contributed by atoms with Gasteiger partial charge >= 0.3 is 0 Å². The minimum absolute atomic E-state index is 0.102. The number of fused-ring (bicyclic) bond motifs is 2. The van der Waals surface area contributed by atoms with E-state index in [9.17, 15) is 14.3 Å². The van der Waals surface area contributed by atoms with Crippen molar-refractivity contribution in [1.29, 1.82) is 0 Å². The molecular weight excluding hydrogens is 485 g/mol. The fourth-order valence-corrected chi connectivity index (χ4v) is 4.51. The van der Waals surface area contributed by atoms with Crippen LogP contribution in [0.3, 0.4) is 0 Å². The van der Waals surface area contributed by atoms with Crippen molar-refractivity contribution in [3.63, 3.8) is 0 Å². The second-order valence-electron chi connectivity index (χ2n) is 9.11. The van der Waals surface area contributed by atoms with Crippen LogP contribution >= 0.6 is 11.6 Å². The fourth-order valence-electron chi connectivity index (χ4n) is 4.24. The van der Waals surface area contributed by atoms with Crippen molar-refractivity contribution >= 4 is 40.0 Å². The molecular formula is C25H21ClFN7O2. The molecule has 182 valence electrons. The Hall–Kier alpha value is -4.02. The molecule has 5 aromatic rings. The number of hydrogen-bond donors (Lipinski definition) is 3. The molecule has 0 saturated heterocycles. The maximum atomic E-state index is 13.7. The number of carbonyl (C=O) groups is 1. The molecule has 0 unspecified atom stereocenters. The Balaban J connectivity index is 1.58. The normalized spacial score (nSPS) is 14.4. The van der Waals surface area contributed by atoms with Crippen LogP contribution in [0.15, 0.2) is 48.9 Å². The lowest BCUT2D eigenvalue weighted by Gasteiger charge is -2.14. The summed E-state index contributed by atoms with van der Waals surface area (Å²) in [7, 11) is 1.86. The summed E-state index contributed by atoms with van der Waals surface area (Å²) in [6.45, 7) is 0.147. The van der Waals surface area contributed by atoms with Crippen molar-refractivity contribution in [2.45, 2.75) is 18.4 Å². The summed E-state index contributed by atoms with van der Waals surface area (Å²) < 4.78 is 17.2. The fraction of sp³-hybridized carbons (Fsp3) is 0.200. The van der Waals surface area contributed by atoms with Gasteiger partial charge in [0.15, 0.2) is 11.5 Å². The van der Waals surface area contributed by atoms with Gasteiger partial charge in [-0.25, -0.2) is 19.3 Å². The Morgan fingerprint density at radius 3 is 2.69 bits per heavy atom. The van der Waals surface area contributed by atoms with Crippen LogP contribution in [0.2, 0.25) is 5.02 Å². The Morgan fingerprint density at radius 1 is 1.22 bits per heavy atom. The number of halogens is 2. The highest BCUT2D eigenvalue weighted by Crippen LogP contribution is 2.37. The Morgan fingerprint density at radius 2 is 1.97 bits per heavy atom. The van der Waals surface area contributed by atoms with E-state index in [0.29, 0.717) is 45.9 Å². The van der Waals surface area contributed by atoms with Crippen LogP contribution in [0, 0.1) is 5.82 Å². The molecule has 3 heterocycles. The smallest absolute Gasteiger partial charge is 0.271 e. The minimum atomic E-state index is -0.842. The van der Waals surface area contributed by atoms with Crippen molar-refractivity contribution in [2.24, 2.45) is 7.05 Å². The first-order chi connectivity index (χ1) is 17.2. The number of aliphatic hydroxyl groups is 1. The van der Waals surface area contributed by atoms with Crippen LogP contribution in [0.5, 0.6) is 0 Å². The van der Waals surface area contributed by atoms with Crippen LogP contribution in [-0.4, -0.2) is 47.1 Å². The monoisotopic (exact) mass is 505 g/mol. The van der Waals surface area contributed by atoms with Crippen LogP contribution in [0.25, 0.3) is 39.2 Å². The number of carbonyl (C=O) groups excluding carboxylic acids is 1. The van der Waals surface area contributed by atoms with Crippen LogP contribution < -0.4 is 11.1 Å². The third-order valence-corrected chi connectivity index (χ3v) is 6.73. The molecule has 1 saturated carbocycles. The van der Waals surface area contributed by atoms with E-state index in [1.54, 1.807) is 35.1 Å². The number of aromatic nitrogens is 5. The van der Waals surface area contributed by atoms with Crippen molar-refractivity contribution in [3.8, 4) is 22.5 Å². The van der Waals surface area contributed by atoms with Gasteiger partial charge < -0.3 is 20.7 Å². The predicted molar refractivity (Wildman–Crippen MR) is 134 cm³/mol. The van der Waals surface area contributed by atoms with Crippen molar-refractivity contribution in [3.05, 3.63) is 65.5 Å². The standard InChI is InChI=1S/C25H21ClFN7O2/c1-33-12-30-20-16(26)8-14(9-18(20)33)21-19(13-2-4-15(27)5-3-13)32-22(28)23-31-17(10-34(21)23)24(35)29-11-25(36)6-7-25/h2-5,8-10,12,36H,6-7,11H2,1H3,(H2,28,32)(H,29,35). The summed E-state index contributed by atoms with van der Waals surface area (Å²) >= 11 is 6.59. The summed E-state index contributed by atoms with van der Waals surface area (Å²) in [6, 6.07) is 9.58. The average Bonchev–Trinajstić information content (AvgIpc) is 3.24. The third-order valence-electron chi connectivity index (χ3n) is 6.44. The number of aryl methyl sites for hydroxylation is 1. The number of rotatable bonds is 5. The number of imidazole rings is 2. The summed E-state index contributed by atoms with van der Waals surface area (Å²) in [5, 5.41) is 13.3. The highest BCUT2D eigenvalue weighted by molar-refractivity contribution is 6.35. The van der Waals surface area contributed by atoms with E-state index >= 15 is 0 Å². The first-order valence-corrected chi connectivity index (χ1v) is 11.7. The molecule has 1 fully saturated rings. The lowest BCUT2D eigenvalue weighted by molar-refractivity contribution is 0.0892. The number of nitrogen functional groups attached to an aromatic ring is 1. The van der Waals surface area contributed by atoms with Gasteiger partial charge in [-0.2, -0.15) is 0 Å². The van der Waals surface area contributed by atoms with Gasteiger partial charge in [-0.15, -0.1) is 0 Å². The number of nitrogens with one attached hydrogen (secondary N) is 1. The largest absolute Gasteiger partial charge is 0.388 e. The molecule has 3 aromatic heterocycles. The topological polar surface area (TPSA) is 123 Å². The Kier molecular flexibility index (Phi) is 4.99. The second kappa shape index (κ2) is 8.00. The number of benzene rings is 2. The number of nitrogens with zero attached hydrogens (tertiary/aromatic N) is 5. The molecule has 6 rings (SSSR count). The second-order valence-corrected chi connectivity index (χ2v) is 9.52. The lowest BCUT2D eigenvalue weighted by atomic mass is 10.0. The molecule has 0 aliphatic heterocycles. The van der Waals surface area contributed by atoms with Gasteiger partial charge in [-0.05, 0) is 49.2 Å². The molecule has 9 nitrogen and oxygen atoms in total. The van der Waals surface area contributed by atoms with Gasteiger partial charge in [0, 0.05) is 30.9 Å². The SMILES string of the molecule is Cn1cnc2c(Cl)cc(-c3c(-c4ccc(F)cc4)nc(N)c4nc(C(=O)NCC5(O)CC5)cn34)cc21. The molecule has 1 amide bonds. The maximum Gasteiger partial charge on any atom is 0.271 e. The minimum Gasteiger partial charge on any atom is -0.388 e. The molecule has 11 heteroatoms. The van der Waals surface area contributed by atoms with Gasteiger partial charge in [-0.1, -0.05) is 11.6 Å². The molecule has 0 spiro atoms. The van der Waals surface area contributed by atoms with Crippen LogP contribution in [-0.2, 0) is 7.05 Å². The van der Waals surface area contributed by atoms with Crippen molar-refractivity contribution < 1.29 is 14.3 Å². The summed E-state index contributed by atoms with van der Waals surface area (Å²) in [5.41, 5.74) is 9.64. The van der Waals surface area contributed by atoms with Crippen molar-refractivity contribution in [2.75, 3.05) is 12.3 Å². The highest BCUT2D eigenvalue weighted by atomic mass is 35.5. The predicted octanol–water partition coefficient (Wildman–Crippen LogP) is 3.58. The number of hydrogen-bond acceptors (Lipinski definition) is 6. The molecule has 1 aliphatic rings. The average molecular weight is 506 g/mol. The van der Waals surface area contributed by atoms with E-state index in [0.717, 1.165) is 5.52 Å². The van der Waals surface area contributed by atoms with Crippen molar-refractivity contribution in [1.82, 2.24) is 29.2 Å². The first kappa shape index (κ1) is 22.4. The van der Waals surface area contributed by atoms with Gasteiger partial charge in [0.2, 0.25) is 0 Å². The van der Waals surface area contributed by atoms with E-state index in [4.69, 9.17) is 17.3 Å². The first-order valence-electron chi connectivity index (χ1n) is 11.3. The number of anilines is 1. The Labute approximate surface area is 209 Å². The van der Waals surface area contributed by atoms with Crippen LogP contribution in [0.4, 0.5) is 10.2 Å². The molecule has 2 aromatic carbocycles. The van der Waals surface area contributed by atoms with E-state index in [-0.39, 0.29) is 29.5 Å². The quantitative estimate of drug-likeness (QED) is 0.335. The van der Waals surface area contributed by atoms with E-state index in [2.05, 4.69) is 20.3 Å². The third kappa shape index (κ3) is 3.75. The number of nitrogens with two attached hydrogens (primary N) is 1. The molecule has 0 radical (unpaired) electrons. The van der Waals surface area contributed by atoms with Gasteiger partial charge in [-0.3, -0.25) is 9.20 Å². The highest BCUT2D eigenvalue weighted by Gasteiger charge is 2.40. The molecule has 4 N–H and O–H groups in total. The Bertz CT molecular complexity index is 1670.